The molecule has 2 saturated heterocycles. The average molecular weight is 380 g/mol. The van der Waals surface area contributed by atoms with Crippen LogP contribution in [0.1, 0.15) is 31.2 Å². The van der Waals surface area contributed by atoms with Crippen molar-refractivity contribution < 1.29 is 37.1 Å². The second-order valence-corrected chi connectivity index (χ2v) is 6.20. The van der Waals surface area contributed by atoms with Crippen LogP contribution in [0.15, 0.2) is 10.6 Å². The SMILES string of the molecule is CCO[C@H]1CN(Cc2cc(C)on2)[C@@H]2CCCO[C@H]12.O=C(O)C(F)(F)F. The standard InChI is InChI=1S/C14H22N2O3.C2HF3O2/c1-3-17-13-9-16(8-11-7-10(2)19-15-11)12-5-4-6-18-14(12)13;3-2(4,5)1(6)7/h7,12-14H,3-6,8-9H2,1-2H3;(H,6,7)/t12-,13+,14+;/m1./s1. The Kier molecular flexibility index (Phi) is 7.01. The van der Waals surface area contributed by atoms with E-state index in [4.69, 9.17) is 23.9 Å². The van der Waals surface area contributed by atoms with E-state index in [2.05, 4.69) is 10.1 Å². The van der Waals surface area contributed by atoms with Gasteiger partial charge in [-0.2, -0.15) is 13.2 Å². The molecule has 0 radical (unpaired) electrons. The Morgan fingerprint density at radius 3 is 2.73 bits per heavy atom. The van der Waals surface area contributed by atoms with Gasteiger partial charge < -0.3 is 19.1 Å². The summed E-state index contributed by atoms with van der Waals surface area (Å²) in [6.07, 6.45) is -2.34. The van der Waals surface area contributed by atoms with Gasteiger partial charge in [0, 0.05) is 38.4 Å². The molecule has 10 heteroatoms. The van der Waals surface area contributed by atoms with E-state index in [-0.39, 0.29) is 12.2 Å². The number of aliphatic carboxylic acids is 1. The van der Waals surface area contributed by atoms with Crippen LogP contribution in [0.5, 0.6) is 0 Å². The predicted octanol–water partition coefficient (Wildman–Crippen LogP) is 2.38. The summed E-state index contributed by atoms with van der Waals surface area (Å²) in [4.78, 5) is 11.3. The van der Waals surface area contributed by atoms with Crippen LogP contribution < -0.4 is 0 Å². The van der Waals surface area contributed by atoms with Crippen molar-refractivity contribution in [3.63, 3.8) is 0 Å². The molecule has 3 rings (SSSR count). The van der Waals surface area contributed by atoms with E-state index in [0.29, 0.717) is 6.04 Å². The fourth-order valence-corrected chi connectivity index (χ4v) is 3.25. The van der Waals surface area contributed by atoms with E-state index in [1.165, 1.54) is 6.42 Å². The average Bonchev–Trinajstić information content (AvgIpc) is 3.13. The van der Waals surface area contributed by atoms with Crippen molar-refractivity contribution in [3.8, 4) is 0 Å². The number of hydrogen-bond acceptors (Lipinski definition) is 6. The number of halogens is 3. The highest BCUT2D eigenvalue weighted by atomic mass is 19.4. The first-order valence-corrected chi connectivity index (χ1v) is 8.42. The molecule has 0 aliphatic carbocycles. The first kappa shape index (κ1) is 20.7. The zero-order valence-corrected chi connectivity index (χ0v) is 14.7. The molecule has 148 valence electrons. The van der Waals surface area contributed by atoms with Crippen molar-refractivity contribution >= 4 is 5.97 Å². The summed E-state index contributed by atoms with van der Waals surface area (Å²) in [5, 5.41) is 11.2. The van der Waals surface area contributed by atoms with Crippen LogP contribution in [0.2, 0.25) is 0 Å². The summed E-state index contributed by atoms with van der Waals surface area (Å²) < 4.78 is 48.6. The zero-order valence-electron chi connectivity index (χ0n) is 14.7. The lowest BCUT2D eigenvalue weighted by Crippen LogP contribution is -2.41. The van der Waals surface area contributed by atoms with Gasteiger partial charge in [-0.25, -0.2) is 4.79 Å². The number of aryl methyl sites for hydroxylation is 1. The molecule has 7 nitrogen and oxygen atoms in total. The molecular formula is C16H23F3N2O5. The molecule has 0 spiro atoms. The number of carboxylic acid groups (broad SMARTS) is 1. The van der Waals surface area contributed by atoms with Crippen LogP contribution in [-0.4, -0.2) is 65.3 Å². The van der Waals surface area contributed by atoms with Crippen LogP contribution in [-0.2, 0) is 20.8 Å². The van der Waals surface area contributed by atoms with Crippen LogP contribution in [0.25, 0.3) is 0 Å². The third-order valence-electron chi connectivity index (χ3n) is 4.25. The number of ether oxygens (including phenoxy) is 2. The molecule has 2 aliphatic heterocycles. The minimum atomic E-state index is -5.08. The Balaban J connectivity index is 0.000000298. The number of fused-ring (bicyclic) bond motifs is 1. The zero-order chi connectivity index (χ0) is 19.3. The molecule has 0 unspecified atom stereocenters. The summed E-state index contributed by atoms with van der Waals surface area (Å²) in [5.74, 6) is -1.89. The van der Waals surface area contributed by atoms with Crippen molar-refractivity contribution in [2.45, 2.75) is 57.7 Å². The van der Waals surface area contributed by atoms with Gasteiger partial charge in [0.2, 0.25) is 0 Å². The van der Waals surface area contributed by atoms with Crippen LogP contribution in [0.3, 0.4) is 0 Å². The van der Waals surface area contributed by atoms with Crippen LogP contribution in [0.4, 0.5) is 13.2 Å². The van der Waals surface area contributed by atoms with Crippen LogP contribution in [0, 0.1) is 6.92 Å². The summed E-state index contributed by atoms with van der Waals surface area (Å²) in [6, 6.07) is 2.47. The quantitative estimate of drug-likeness (QED) is 0.858. The minimum absolute atomic E-state index is 0.197. The van der Waals surface area contributed by atoms with Crippen molar-refractivity contribution in [3.05, 3.63) is 17.5 Å². The van der Waals surface area contributed by atoms with E-state index < -0.39 is 12.1 Å². The number of nitrogens with zero attached hydrogens (tertiary/aromatic N) is 2. The predicted molar refractivity (Wildman–Crippen MR) is 83.5 cm³/mol. The van der Waals surface area contributed by atoms with Crippen molar-refractivity contribution in [2.24, 2.45) is 0 Å². The summed E-state index contributed by atoms with van der Waals surface area (Å²) in [7, 11) is 0. The molecule has 0 bridgehead atoms. The van der Waals surface area contributed by atoms with Gasteiger partial charge >= 0.3 is 12.1 Å². The Morgan fingerprint density at radius 2 is 2.19 bits per heavy atom. The van der Waals surface area contributed by atoms with E-state index >= 15 is 0 Å². The van der Waals surface area contributed by atoms with Gasteiger partial charge in [-0.3, -0.25) is 4.90 Å². The van der Waals surface area contributed by atoms with Gasteiger partial charge in [-0.15, -0.1) is 0 Å². The molecule has 2 aliphatic rings. The molecule has 1 aromatic heterocycles. The maximum absolute atomic E-state index is 10.6. The molecule has 0 amide bonds. The van der Waals surface area contributed by atoms with Gasteiger partial charge in [0.05, 0.1) is 11.8 Å². The Hall–Kier alpha value is -1.65. The third kappa shape index (κ3) is 5.42. The van der Waals surface area contributed by atoms with Crippen molar-refractivity contribution in [1.29, 1.82) is 0 Å². The molecule has 0 saturated carbocycles. The maximum Gasteiger partial charge on any atom is 0.490 e. The molecule has 3 heterocycles. The van der Waals surface area contributed by atoms with Gasteiger partial charge in [-0.1, -0.05) is 5.16 Å². The Bertz CT molecular complexity index is 593. The number of alkyl halides is 3. The first-order valence-electron chi connectivity index (χ1n) is 8.42. The van der Waals surface area contributed by atoms with Crippen molar-refractivity contribution in [2.75, 3.05) is 19.8 Å². The molecule has 2 fully saturated rings. The minimum Gasteiger partial charge on any atom is -0.475 e. The number of aromatic nitrogens is 1. The topological polar surface area (TPSA) is 85.0 Å². The third-order valence-corrected chi connectivity index (χ3v) is 4.25. The highest BCUT2D eigenvalue weighted by Crippen LogP contribution is 2.31. The largest absolute Gasteiger partial charge is 0.490 e. The van der Waals surface area contributed by atoms with Crippen LogP contribution >= 0.6 is 0 Å². The fourth-order valence-electron chi connectivity index (χ4n) is 3.25. The second kappa shape index (κ2) is 8.83. The summed E-state index contributed by atoms with van der Waals surface area (Å²) in [6.45, 7) is 7.33. The van der Waals surface area contributed by atoms with Gasteiger partial charge in [-0.05, 0) is 26.7 Å². The van der Waals surface area contributed by atoms with E-state index in [1.54, 1.807) is 0 Å². The van der Waals surface area contributed by atoms with Gasteiger partial charge in [0.1, 0.15) is 11.9 Å². The molecule has 1 aromatic rings. The number of carboxylic acids is 1. The van der Waals surface area contributed by atoms with E-state index in [9.17, 15) is 13.2 Å². The van der Waals surface area contributed by atoms with E-state index in [0.717, 1.165) is 44.2 Å². The number of carbonyl (C=O) groups is 1. The Morgan fingerprint density at radius 1 is 1.50 bits per heavy atom. The molecular weight excluding hydrogens is 357 g/mol. The number of rotatable bonds is 4. The first-order chi connectivity index (χ1) is 12.2. The second-order valence-electron chi connectivity index (χ2n) is 6.20. The number of likely N-dealkylation sites (tertiary alicyclic amines) is 1. The van der Waals surface area contributed by atoms with Crippen molar-refractivity contribution in [1.82, 2.24) is 10.1 Å². The molecule has 26 heavy (non-hydrogen) atoms. The Labute approximate surface area is 149 Å². The van der Waals surface area contributed by atoms with Gasteiger partial charge in [0.25, 0.3) is 0 Å². The highest BCUT2D eigenvalue weighted by molar-refractivity contribution is 5.73. The lowest BCUT2D eigenvalue weighted by atomic mass is 10.0. The summed E-state index contributed by atoms with van der Waals surface area (Å²) >= 11 is 0. The van der Waals surface area contributed by atoms with Gasteiger partial charge in [0.15, 0.2) is 0 Å². The smallest absolute Gasteiger partial charge is 0.475 e. The highest BCUT2D eigenvalue weighted by Gasteiger charge is 2.44. The molecule has 0 aromatic carbocycles. The number of hydrogen-bond donors (Lipinski definition) is 1. The lowest BCUT2D eigenvalue weighted by molar-refractivity contribution is -0.192. The summed E-state index contributed by atoms with van der Waals surface area (Å²) in [5.41, 5.74) is 0.999. The lowest BCUT2D eigenvalue weighted by Gasteiger charge is -2.31. The molecule has 3 atom stereocenters. The van der Waals surface area contributed by atoms with E-state index in [1.807, 2.05) is 19.9 Å². The molecule has 1 N–H and O–H groups in total. The monoisotopic (exact) mass is 380 g/mol. The maximum atomic E-state index is 10.6. The fraction of sp³-hybridized carbons (Fsp3) is 0.750. The normalized spacial score (nSPS) is 26.1.